The van der Waals surface area contributed by atoms with Gasteiger partial charge in [-0.15, -0.1) is 0 Å². The molecule has 1 aliphatic heterocycles. The van der Waals surface area contributed by atoms with Crippen molar-refractivity contribution >= 4 is 23.5 Å². The second-order valence-corrected chi connectivity index (χ2v) is 8.14. The molecule has 0 aromatic heterocycles. The molecular weight excluding hydrogens is 410 g/mol. The van der Waals surface area contributed by atoms with Crippen molar-refractivity contribution in [3.05, 3.63) is 70.7 Å². The largest absolute Gasteiger partial charge is 0.357 e. The van der Waals surface area contributed by atoms with Gasteiger partial charge in [0.15, 0.2) is 5.96 Å². The number of rotatable bonds is 8. The molecule has 3 rings (SSSR count). The zero-order chi connectivity index (χ0) is 21.9. The van der Waals surface area contributed by atoms with Crippen molar-refractivity contribution in [2.24, 2.45) is 4.99 Å². The first-order valence-electron chi connectivity index (χ1n) is 11.0. The molecule has 3 N–H and O–H groups in total. The van der Waals surface area contributed by atoms with E-state index in [0.717, 1.165) is 45.0 Å². The molecule has 1 aliphatic rings. The van der Waals surface area contributed by atoms with E-state index in [1.807, 2.05) is 0 Å². The van der Waals surface area contributed by atoms with E-state index in [9.17, 15) is 4.79 Å². The fourth-order valence-corrected chi connectivity index (χ4v) is 3.76. The lowest BCUT2D eigenvalue weighted by Gasteiger charge is -2.33. The van der Waals surface area contributed by atoms with E-state index in [1.165, 1.54) is 5.56 Å². The Bertz CT molecular complexity index is 833. The predicted octanol–water partition coefficient (Wildman–Crippen LogP) is 3.29. The number of likely N-dealkylation sites (tertiary alicyclic amines) is 1. The number of halogens is 1. The summed E-state index contributed by atoms with van der Waals surface area (Å²) < 4.78 is 0. The van der Waals surface area contributed by atoms with E-state index in [-0.39, 0.29) is 5.91 Å². The van der Waals surface area contributed by atoms with E-state index in [1.54, 1.807) is 24.3 Å². The summed E-state index contributed by atoms with van der Waals surface area (Å²) in [5.74, 6) is 0.695. The molecule has 0 aliphatic carbocycles. The number of carbonyl (C=O) groups is 1. The Morgan fingerprint density at radius 3 is 2.45 bits per heavy atom. The molecular formula is C24H32ClN5O. The first kappa shape index (κ1) is 23.1. The van der Waals surface area contributed by atoms with Crippen LogP contribution in [0.5, 0.6) is 0 Å². The maximum absolute atomic E-state index is 12.2. The van der Waals surface area contributed by atoms with Crippen LogP contribution in [0.2, 0.25) is 5.02 Å². The fourth-order valence-electron chi connectivity index (χ4n) is 3.63. The second-order valence-electron chi connectivity index (χ2n) is 7.70. The lowest BCUT2D eigenvalue weighted by Crippen LogP contribution is -2.48. The molecule has 7 heteroatoms. The minimum Gasteiger partial charge on any atom is -0.357 e. The van der Waals surface area contributed by atoms with Crippen LogP contribution in [0.15, 0.2) is 59.6 Å². The third kappa shape index (κ3) is 7.89. The number of piperidine rings is 1. The molecule has 1 amide bonds. The van der Waals surface area contributed by atoms with Gasteiger partial charge in [-0.3, -0.25) is 14.7 Å². The van der Waals surface area contributed by atoms with Crippen LogP contribution in [-0.4, -0.2) is 55.5 Å². The minimum atomic E-state index is -0.115. The van der Waals surface area contributed by atoms with Gasteiger partial charge in [0, 0.05) is 49.4 Å². The van der Waals surface area contributed by atoms with Gasteiger partial charge in [-0.2, -0.15) is 0 Å². The molecule has 0 saturated carbocycles. The molecule has 6 nitrogen and oxygen atoms in total. The van der Waals surface area contributed by atoms with Gasteiger partial charge in [0.05, 0.1) is 6.54 Å². The Kier molecular flexibility index (Phi) is 9.18. The number of nitrogens with zero attached hydrogens (tertiary/aromatic N) is 2. The summed E-state index contributed by atoms with van der Waals surface area (Å²) in [5, 5.41) is 10.4. The number of nitrogens with one attached hydrogen (secondary N) is 3. The topological polar surface area (TPSA) is 68.8 Å². The quantitative estimate of drug-likeness (QED) is 0.334. The Hall–Kier alpha value is -2.57. The van der Waals surface area contributed by atoms with Gasteiger partial charge >= 0.3 is 0 Å². The van der Waals surface area contributed by atoms with Gasteiger partial charge in [0.1, 0.15) is 0 Å². The summed E-state index contributed by atoms with van der Waals surface area (Å²) in [6, 6.07) is 17.9. The van der Waals surface area contributed by atoms with Gasteiger partial charge in [0.2, 0.25) is 0 Å². The number of hydrogen-bond donors (Lipinski definition) is 3. The summed E-state index contributed by atoms with van der Waals surface area (Å²) in [6.45, 7) is 7.01. The number of aliphatic imine (C=N–C) groups is 1. The summed E-state index contributed by atoms with van der Waals surface area (Å²) in [4.78, 5) is 19.3. The molecule has 0 spiro atoms. The summed E-state index contributed by atoms with van der Waals surface area (Å²) in [7, 11) is 0. The minimum absolute atomic E-state index is 0.115. The smallest absolute Gasteiger partial charge is 0.251 e. The fraction of sp³-hybridized carbons (Fsp3) is 0.417. The van der Waals surface area contributed by atoms with Crippen molar-refractivity contribution in [1.29, 1.82) is 0 Å². The SMILES string of the molecule is CCNC(=NCCNC(=O)c1ccc(Cl)cc1)NC1CCN(Cc2ccccc2)CC1. The van der Waals surface area contributed by atoms with Gasteiger partial charge in [-0.25, -0.2) is 0 Å². The molecule has 1 heterocycles. The molecule has 0 radical (unpaired) electrons. The average molecular weight is 442 g/mol. The molecule has 0 atom stereocenters. The van der Waals surface area contributed by atoms with Crippen molar-refractivity contribution in [2.45, 2.75) is 32.4 Å². The Morgan fingerprint density at radius 2 is 1.77 bits per heavy atom. The number of guanidine groups is 1. The van der Waals surface area contributed by atoms with Crippen LogP contribution in [0, 0.1) is 0 Å². The van der Waals surface area contributed by atoms with E-state index in [2.05, 4.69) is 63.1 Å². The van der Waals surface area contributed by atoms with Crippen LogP contribution in [0.1, 0.15) is 35.7 Å². The Morgan fingerprint density at radius 1 is 1.06 bits per heavy atom. The molecule has 2 aromatic rings. The van der Waals surface area contributed by atoms with Crippen LogP contribution in [0.3, 0.4) is 0 Å². The molecule has 1 saturated heterocycles. The number of hydrogen-bond acceptors (Lipinski definition) is 3. The maximum atomic E-state index is 12.2. The van der Waals surface area contributed by atoms with Crippen LogP contribution < -0.4 is 16.0 Å². The molecule has 0 unspecified atom stereocenters. The van der Waals surface area contributed by atoms with E-state index < -0.39 is 0 Å². The number of carbonyl (C=O) groups excluding carboxylic acids is 1. The highest BCUT2D eigenvalue weighted by Gasteiger charge is 2.20. The second kappa shape index (κ2) is 12.3. The van der Waals surface area contributed by atoms with Gasteiger partial charge in [-0.05, 0) is 49.6 Å². The normalized spacial score (nSPS) is 15.5. The summed E-state index contributed by atoms with van der Waals surface area (Å²) >= 11 is 5.87. The van der Waals surface area contributed by atoms with E-state index in [0.29, 0.717) is 29.7 Å². The standard InChI is InChI=1S/C24H32ClN5O/c1-2-26-24(28-15-14-27-23(31)20-8-10-21(25)11-9-20)29-22-12-16-30(17-13-22)18-19-6-4-3-5-7-19/h3-11,22H,2,12-18H2,1H3,(H,27,31)(H2,26,28,29). The summed E-state index contributed by atoms with van der Waals surface area (Å²) in [6.07, 6.45) is 2.18. The first-order chi connectivity index (χ1) is 15.1. The first-order valence-corrected chi connectivity index (χ1v) is 11.4. The zero-order valence-corrected chi connectivity index (χ0v) is 18.9. The van der Waals surface area contributed by atoms with Crippen molar-refractivity contribution in [1.82, 2.24) is 20.9 Å². The van der Waals surface area contributed by atoms with Crippen LogP contribution >= 0.6 is 11.6 Å². The van der Waals surface area contributed by atoms with Crippen molar-refractivity contribution < 1.29 is 4.79 Å². The highest BCUT2D eigenvalue weighted by Crippen LogP contribution is 2.14. The summed E-state index contributed by atoms with van der Waals surface area (Å²) in [5.41, 5.74) is 1.96. The van der Waals surface area contributed by atoms with E-state index >= 15 is 0 Å². The van der Waals surface area contributed by atoms with Crippen molar-refractivity contribution in [3.8, 4) is 0 Å². The maximum Gasteiger partial charge on any atom is 0.251 e. The molecule has 2 aromatic carbocycles. The average Bonchev–Trinajstić information content (AvgIpc) is 2.79. The zero-order valence-electron chi connectivity index (χ0n) is 18.1. The lowest BCUT2D eigenvalue weighted by atomic mass is 10.0. The number of benzene rings is 2. The highest BCUT2D eigenvalue weighted by atomic mass is 35.5. The Labute approximate surface area is 190 Å². The predicted molar refractivity (Wildman–Crippen MR) is 128 cm³/mol. The monoisotopic (exact) mass is 441 g/mol. The third-order valence-electron chi connectivity index (χ3n) is 5.30. The Balaban J connectivity index is 1.40. The third-order valence-corrected chi connectivity index (χ3v) is 5.55. The van der Waals surface area contributed by atoms with E-state index in [4.69, 9.17) is 11.6 Å². The van der Waals surface area contributed by atoms with Crippen LogP contribution in [0.25, 0.3) is 0 Å². The van der Waals surface area contributed by atoms with Gasteiger partial charge in [-0.1, -0.05) is 41.9 Å². The lowest BCUT2D eigenvalue weighted by molar-refractivity contribution is 0.0955. The van der Waals surface area contributed by atoms with Crippen LogP contribution in [0.4, 0.5) is 0 Å². The highest BCUT2D eigenvalue weighted by molar-refractivity contribution is 6.30. The number of amides is 1. The van der Waals surface area contributed by atoms with Gasteiger partial charge in [0.25, 0.3) is 5.91 Å². The molecule has 31 heavy (non-hydrogen) atoms. The molecule has 1 fully saturated rings. The molecule has 166 valence electrons. The van der Waals surface area contributed by atoms with Crippen LogP contribution in [-0.2, 0) is 6.54 Å². The molecule has 0 bridgehead atoms. The van der Waals surface area contributed by atoms with Crippen molar-refractivity contribution in [3.63, 3.8) is 0 Å². The van der Waals surface area contributed by atoms with Gasteiger partial charge < -0.3 is 16.0 Å². The van der Waals surface area contributed by atoms with Crippen molar-refractivity contribution in [2.75, 3.05) is 32.7 Å².